The van der Waals surface area contributed by atoms with Gasteiger partial charge in [0.15, 0.2) is 0 Å². The van der Waals surface area contributed by atoms with Crippen molar-refractivity contribution in [1.82, 2.24) is 20.4 Å². The molecule has 0 aromatic rings. The molecule has 0 aromatic heterocycles. The van der Waals surface area contributed by atoms with Gasteiger partial charge in [-0.3, -0.25) is 28.8 Å². The summed E-state index contributed by atoms with van der Waals surface area (Å²) in [5.74, 6) is 22.5. The lowest BCUT2D eigenvalue weighted by molar-refractivity contribution is -0.160. The highest BCUT2D eigenvalue weighted by Gasteiger charge is 2.22. The molecule has 416 valence electrons. The minimum absolute atomic E-state index is 0.0603. The second-order valence-corrected chi connectivity index (χ2v) is 20.0. The Morgan fingerprint density at radius 2 is 0.662 bits per heavy atom. The summed E-state index contributed by atoms with van der Waals surface area (Å²) in [6.07, 6.45) is 25.5. The van der Waals surface area contributed by atoms with Gasteiger partial charge in [-0.25, -0.2) is 0 Å². The molecule has 74 heavy (non-hydrogen) atoms. The first-order valence-corrected chi connectivity index (χ1v) is 28.4. The van der Waals surface area contributed by atoms with E-state index in [1.165, 1.54) is 0 Å². The molecule has 0 aliphatic carbocycles. The fraction of sp³-hybridized carbons (Fsp3) is 0.767. The normalized spacial score (nSPS) is 20.4. The largest absolute Gasteiger partial charge is 0.462 e. The molecular formula is C60H96N4O10. The van der Waals surface area contributed by atoms with Crippen molar-refractivity contribution in [2.75, 3.05) is 67.6 Å². The lowest BCUT2D eigenvalue weighted by Gasteiger charge is -2.18. The van der Waals surface area contributed by atoms with Crippen LogP contribution in [0.2, 0.25) is 0 Å². The molecule has 0 saturated carbocycles. The number of esters is 4. The molecule has 0 fully saturated rings. The van der Waals surface area contributed by atoms with Crippen LogP contribution < -0.4 is 10.6 Å². The van der Waals surface area contributed by atoms with E-state index in [9.17, 15) is 28.8 Å². The van der Waals surface area contributed by atoms with Crippen LogP contribution in [-0.4, -0.2) is 125 Å². The standard InChI is InChI=1S/C60H96N4O10/c1-63(2)47-45-61-55(65)49-53-51-71-57(67)41-37-33-29-25-21-17-13-9-5-6-10-14-18-22-26-30-34-38-42-58(68)72-52-54(50-56(66)62-46-48-64(3)4)74-60(70)44-40-36-32-28-24-20-16-12-8-7-11-15-19-23-27-31-35-39-43-59(69)73-53/h53-54H,13-52H2,1-4H3,(H,61,65)(H,62,66). The first-order valence-electron chi connectivity index (χ1n) is 28.4. The lowest BCUT2D eigenvalue weighted by Crippen LogP contribution is -2.36. The number of ether oxygens (including phenoxy) is 4. The number of likely N-dealkylation sites (N-methyl/N-ethyl adjacent to an activating group) is 2. The van der Waals surface area contributed by atoms with Crippen molar-refractivity contribution in [3.05, 3.63) is 0 Å². The number of carbonyl (C=O) groups excluding carboxylic acids is 6. The zero-order chi connectivity index (χ0) is 54.0. The van der Waals surface area contributed by atoms with Crippen molar-refractivity contribution < 1.29 is 47.7 Å². The summed E-state index contributed by atoms with van der Waals surface area (Å²) in [6.45, 7) is 2.03. The molecule has 2 atom stereocenters. The van der Waals surface area contributed by atoms with E-state index in [4.69, 9.17) is 18.9 Å². The second-order valence-electron chi connectivity index (χ2n) is 20.0. The van der Waals surface area contributed by atoms with Crippen LogP contribution in [0.5, 0.6) is 0 Å². The molecule has 0 spiro atoms. The van der Waals surface area contributed by atoms with Crippen LogP contribution in [-0.2, 0) is 47.7 Å². The van der Waals surface area contributed by atoms with E-state index in [1.54, 1.807) is 0 Å². The number of rotatable bonds is 10. The Hall–Kier alpha value is -5.02. The molecule has 2 amide bonds. The fourth-order valence-corrected chi connectivity index (χ4v) is 7.86. The van der Waals surface area contributed by atoms with Crippen LogP contribution in [0.3, 0.4) is 0 Å². The average molecular weight is 1030 g/mol. The van der Waals surface area contributed by atoms with E-state index < -0.39 is 12.2 Å². The number of hydrogen-bond donors (Lipinski definition) is 2. The van der Waals surface area contributed by atoms with Gasteiger partial charge < -0.3 is 39.4 Å². The van der Waals surface area contributed by atoms with Crippen molar-refractivity contribution >= 4 is 35.7 Å². The Morgan fingerprint density at radius 1 is 0.405 bits per heavy atom. The average Bonchev–Trinajstić information content (AvgIpc) is 3.35. The first-order chi connectivity index (χ1) is 35.9. The SMILES string of the molecule is CN(C)CCNC(=O)CC1COC(=O)CCCCCCCCC#CC#CCCCCCCCCC(=O)OCC(CC(=O)NCCN(C)C)OC(=O)CCCCCCCCC#CC#CCCCCCCCCC(=O)O1. The van der Waals surface area contributed by atoms with E-state index in [-0.39, 0.29) is 87.4 Å². The molecule has 0 radical (unpaired) electrons. The van der Waals surface area contributed by atoms with Gasteiger partial charge in [0, 0.05) is 77.5 Å². The van der Waals surface area contributed by atoms with Crippen LogP contribution in [0.4, 0.5) is 0 Å². The number of hydrogen-bond acceptors (Lipinski definition) is 12. The van der Waals surface area contributed by atoms with Crippen molar-refractivity contribution in [1.29, 1.82) is 0 Å². The molecule has 1 rings (SSSR count). The summed E-state index contributed by atoms with van der Waals surface area (Å²) in [6, 6.07) is 0. The van der Waals surface area contributed by atoms with Gasteiger partial charge in [-0.2, -0.15) is 0 Å². The van der Waals surface area contributed by atoms with Crippen LogP contribution >= 0.6 is 0 Å². The predicted molar refractivity (Wildman–Crippen MR) is 293 cm³/mol. The molecular weight excluding hydrogens is 937 g/mol. The predicted octanol–water partition coefficient (Wildman–Crippen LogP) is 9.54. The number of nitrogens with one attached hydrogen (secondary N) is 2. The summed E-state index contributed by atoms with van der Waals surface area (Å²) in [7, 11) is 7.70. The Labute approximate surface area is 447 Å². The molecule has 2 N–H and O–H groups in total. The summed E-state index contributed by atoms with van der Waals surface area (Å²) in [5, 5.41) is 5.70. The molecule has 0 saturated heterocycles. The lowest BCUT2D eigenvalue weighted by atomic mass is 10.1. The smallest absolute Gasteiger partial charge is 0.306 e. The maximum absolute atomic E-state index is 12.8. The monoisotopic (exact) mass is 1030 g/mol. The third kappa shape index (κ3) is 46.7. The zero-order valence-corrected chi connectivity index (χ0v) is 46.4. The molecule has 0 aromatic carbocycles. The summed E-state index contributed by atoms with van der Waals surface area (Å²) >= 11 is 0. The van der Waals surface area contributed by atoms with E-state index in [0.29, 0.717) is 51.9 Å². The van der Waals surface area contributed by atoms with Gasteiger partial charge >= 0.3 is 23.9 Å². The summed E-state index contributed by atoms with van der Waals surface area (Å²) < 4.78 is 22.3. The van der Waals surface area contributed by atoms with Gasteiger partial charge in [0.1, 0.15) is 25.4 Å². The number of nitrogens with zero attached hydrogens (tertiary/aromatic N) is 2. The molecule has 1 heterocycles. The molecule has 0 bridgehead atoms. The van der Waals surface area contributed by atoms with Crippen molar-refractivity contribution in [3.63, 3.8) is 0 Å². The highest BCUT2D eigenvalue weighted by molar-refractivity contribution is 5.78. The molecule has 14 nitrogen and oxygen atoms in total. The van der Waals surface area contributed by atoms with Gasteiger partial charge in [0.25, 0.3) is 0 Å². The number of carbonyl (C=O) groups is 6. The maximum atomic E-state index is 12.8. The van der Waals surface area contributed by atoms with Crippen molar-refractivity contribution in [2.45, 2.75) is 231 Å². The highest BCUT2D eigenvalue weighted by Crippen LogP contribution is 2.15. The van der Waals surface area contributed by atoms with Gasteiger partial charge in [-0.1, -0.05) is 126 Å². The molecule has 2 unspecified atom stereocenters. The third-order valence-corrected chi connectivity index (χ3v) is 12.3. The van der Waals surface area contributed by atoms with E-state index in [1.807, 2.05) is 38.0 Å². The van der Waals surface area contributed by atoms with Crippen molar-refractivity contribution in [3.8, 4) is 47.4 Å². The van der Waals surface area contributed by atoms with Gasteiger partial charge in [0.2, 0.25) is 11.8 Å². The van der Waals surface area contributed by atoms with Crippen molar-refractivity contribution in [2.24, 2.45) is 0 Å². The van der Waals surface area contributed by atoms with Crippen LogP contribution in [0.1, 0.15) is 218 Å². The van der Waals surface area contributed by atoms with Crippen LogP contribution in [0.25, 0.3) is 0 Å². The van der Waals surface area contributed by atoms with E-state index >= 15 is 0 Å². The Morgan fingerprint density at radius 3 is 0.946 bits per heavy atom. The number of amides is 2. The molecule has 1 aliphatic heterocycles. The van der Waals surface area contributed by atoms with E-state index in [0.717, 1.165) is 154 Å². The second kappa shape index (κ2) is 48.9. The summed E-state index contributed by atoms with van der Waals surface area (Å²) in [5.41, 5.74) is 0. The first kappa shape index (κ1) is 67.0. The fourth-order valence-electron chi connectivity index (χ4n) is 7.86. The Bertz CT molecular complexity index is 1670. The summed E-state index contributed by atoms with van der Waals surface area (Å²) in [4.78, 5) is 79.9. The topological polar surface area (TPSA) is 170 Å². The Kier molecular flexibility index (Phi) is 44.3. The van der Waals surface area contributed by atoms with Crippen LogP contribution in [0, 0.1) is 47.4 Å². The minimum Gasteiger partial charge on any atom is -0.462 e. The third-order valence-electron chi connectivity index (χ3n) is 12.3. The molecule has 14 heteroatoms. The van der Waals surface area contributed by atoms with Gasteiger partial charge in [-0.15, -0.1) is 0 Å². The van der Waals surface area contributed by atoms with Gasteiger partial charge in [-0.05, 0) is 103 Å². The number of cyclic esters (lactones) is 4. The van der Waals surface area contributed by atoms with Crippen LogP contribution in [0.15, 0.2) is 0 Å². The van der Waals surface area contributed by atoms with E-state index in [2.05, 4.69) is 58.0 Å². The minimum atomic E-state index is -0.830. The maximum Gasteiger partial charge on any atom is 0.306 e. The molecule has 1 aliphatic rings. The zero-order valence-electron chi connectivity index (χ0n) is 46.4. The Balaban J connectivity index is 2.65. The highest BCUT2D eigenvalue weighted by atomic mass is 16.6. The quantitative estimate of drug-likeness (QED) is 0.121. The van der Waals surface area contributed by atoms with Gasteiger partial charge in [0.05, 0.1) is 12.8 Å².